The molecule has 4 heteroatoms. The van der Waals surface area contributed by atoms with Crippen LogP contribution in [-0.4, -0.2) is 36.5 Å². The summed E-state index contributed by atoms with van der Waals surface area (Å²) in [5, 5.41) is 0. The lowest BCUT2D eigenvalue weighted by Crippen LogP contribution is -2.44. The van der Waals surface area contributed by atoms with Crippen molar-refractivity contribution in [1.29, 1.82) is 0 Å². The molecule has 0 unspecified atom stereocenters. The highest BCUT2D eigenvalue weighted by atomic mass is 16.5. The molecule has 1 saturated heterocycles. The molecule has 0 radical (unpaired) electrons. The Bertz CT molecular complexity index is 434. The molecule has 0 bridgehead atoms. The molecule has 1 aliphatic heterocycles. The summed E-state index contributed by atoms with van der Waals surface area (Å²) in [4.78, 5) is 13.9. The third kappa shape index (κ3) is 3.97. The summed E-state index contributed by atoms with van der Waals surface area (Å²) >= 11 is 0. The normalized spacial score (nSPS) is 16.5. The molecule has 2 N–H and O–H groups in total. The highest BCUT2D eigenvalue weighted by Crippen LogP contribution is 2.18. The van der Waals surface area contributed by atoms with E-state index in [1.807, 2.05) is 29.2 Å². The maximum Gasteiger partial charge on any atom is 0.260 e. The van der Waals surface area contributed by atoms with E-state index >= 15 is 0 Å². The fraction of sp³-hybridized carbons (Fsp3) is 0.562. The molecule has 110 valence electrons. The first-order valence-electron chi connectivity index (χ1n) is 7.32. The molecule has 0 aliphatic carbocycles. The Morgan fingerprint density at radius 3 is 2.45 bits per heavy atom. The van der Waals surface area contributed by atoms with Gasteiger partial charge in [0, 0.05) is 19.1 Å². The summed E-state index contributed by atoms with van der Waals surface area (Å²) in [6.45, 7) is 5.91. The first-order valence-corrected chi connectivity index (χ1v) is 7.32. The van der Waals surface area contributed by atoms with Crippen molar-refractivity contribution in [2.45, 2.75) is 38.6 Å². The second-order valence-electron chi connectivity index (χ2n) is 5.73. The topological polar surface area (TPSA) is 55.6 Å². The van der Waals surface area contributed by atoms with Crippen molar-refractivity contribution in [2.24, 2.45) is 5.73 Å². The standard InChI is InChI=1S/C16H24N2O2/c1-12(2)13-3-5-15(6-4-13)20-11-16(19)18-9-7-14(17)8-10-18/h3-6,12,14H,7-11,17H2,1-2H3. The Balaban J connectivity index is 1.81. The monoisotopic (exact) mass is 276 g/mol. The third-order valence-electron chi connectivity index (χ3n) is 3.80. The van der Waals surface area contributed by atoms with Gasteiger partial charge in [0.05, 0.1) is 0 Å². The third-order valence-corrected chi connectivity index (χ3v) is 3.80. The highest BCUT2D eigenvalue weighted by Gasteiger charge is 2.20. The Morgan fingerprint density at radius 2 is 1.90 bits per heavy atom. The van der Waals surface area contributed by atoms with Crippen LogP contribution in [-0.2, 0) is 4.79 Å². The zero-order valence-corrected chi connectivity index (χ0v) is 12.3. The average molecular weight is 276 g/mol. The van der Waals surface area contributed by atoms with Crippen molar-refractivity contribution in [3.8, 4) is 5.75 Å². The number of hydrogen-bond donors (Lipinski definition) is 1. The second-order valence-corrected chi connectivity index (χ2v) is 5.73. The van der Waals surface area contributed by atoms with Crippen molar-refractivity contribution in [3.05, 3.63) is 29.8 Å². The molecule has 1 aliphatic rings. The van der Waals surface area contributed by atoms with Gasteiger partial charge in [0.1, 0.15) is 5.75 Å². The number of piperidine rings is 1. The lowest BCUT2D eigenvalue weighted by atomic mass is 10.0. The van der Waals surface area contributed by atoms with Gasteiger partial charge in [-0.15, -0.1) is 0 Å². The van der Waals surface area contributed by atoms with Crippen molar-refractivity contribution >= 4 is 5.91 Å². The van der Waals surface area contributed by atoms with Crippen molar-refractivity contribution in [2.75, 3.05) is 19.7 Å². The van der Waals surface area contributed by atoms with Crippen LogP contribution < -0.4 is 10.5 Å². The van der Waals surface area contributed by atoms with Gasteiger partial charge >= 0.3 is 0 Å². The van der Waals surface area contributed by atoms with Gasteiger partial charge < -0.3 is 15.4 Å². The molecular weight excluding hydrogens is 252 g/mol. The molecule has 1 aromatic rings. The fourth-order valence-electron chi connectivity index (χ4n) is 2.33. The van der Waals surface area contributed by atoms with E-state index in [9.17, 15) is 4.79 Å². The number of amides is 1. The molecule has 0 spiro atoms. The number of ether oxygens (including phenoxy) is 1. The number of benzene rings is 1. The Morgan fingerprint density at radius 1 is 1.30 bits per heavy atom. The van der Waals surface area contributed by atoms with E-state index in [1.54, 1.807) is 0 Å². The molecule has 1 heterocycles. The van der Waals surface area contributed by atoms with E-state index in [0.717, 1.165) is 31.7 Å². The van der Waals surface area contributed by atoms with Crippen LogP contribution in [0.25, 0.3) is 0 Å². The second kappa shape index (κ2) is 6.75. The maximum absolute atomic E-state index is 12.0. The highest BCUT2D eigenvalue weighted by molar-refractivity contribution is 5.77. The van der Waals surface area contributed by atoms with Gasteiger partial charge in [-0.2, -0.15) is 0 Å². The number of rotatable bonds is 4. The van der Waals surface area contributed by atoms with Crippen molar-refractivity contribution < 1.29 is 9.53 Å². The number of likely N-dealkylation sites (tertiary alicyclic amines) is 1. The average Bonchev–Trinajstić information content (AvgIpc) is 2.46. The smallest absolute Gasteiger partial charge is 0.260 e. The summed E-state index contributed by atoms with van der Waals surface area (Å²) in [5.41, 5.74) is 7.10. The van der Waals surface area contributed by atoms with Crippen LogP contribution in [0.4, 0.5) is 0 Å². The Hall–Kier alpha value is -1.55. The predicted octanol–water partition coefficient (Wildman–Crippen LogP) is 2.14. The molecular formula is C16H24N2O2. The van der Waals surface area contributed by atoms with E-state index in [1.165, 1.54) is 5.56 Å². The Labute approximate surface area is 120 Å². The molecule has 2 rings (SSSR count). The van der Waals surface area contributed by atoms with Crippen LogP contribution in [0, 0.1) is 0 Å². The summed E-state index contributed by atoms with van der Waals surface area (Å²) in [6.07, 6.45) is 1.77. The summed E-state index contributed by atoms with van der Waals surface area (Å²) in [6, 6.07) is 8.18. The van der Waals surface area contributed by atoms with E-state index < -0.39 is 0 Å². The van der Waals surface area contributed by atoms with E-state index in [2.05, 4.69) is 13.8 Å². The van der Waals surface area contributed by atoms with Gasteiger partial charge in [0.2, 0.25) is 0 Å². The minimum Gasteiger partial charge on any atom is -0.484 e. The number of nitrogens with zero attached hydrogens (tertiary/aromatic N) is 1. The van der Waals surface area contributed by atoms with Crippen LogP contribution >= 0.6 is 0 Å². The van der Waals surface area contributed by atoms with Crippen molar-refractivity contribution in [3.63, 3.8) is 0 Å². The van der Waals surface area contributed by atoms with Crippen LogP contribution in [0.15, 0.2) is 24.3 Å². The molecule has 1 fully saturated rings. The van der Waals surface area contributed by atoms with Gasteiger partial charge in [-0.3, -0.25) is 4.79 Å². The molecule has 20 heavy (non-hydrogen) atoms. The van der Waals surface area contributed by atoms with E-state index in [4.69, 9.17) is 10.5 Å². The molecule has 4 nitrogen and oxygen atoms in total. The molecule has 0 atom stereocenters. The number of carbonyl (C=O) groups excluding carboxylic acids is 1. The lowest BCUT2D eigenvalue weighted by molar-refractivity contribution is -0.134. The van der Waals surface area contributed by atoms with Gasteiger partial charge in [-0.05, 0) is 36.5 Å². The molecule has 0 aromatic heterocycles. The van der Waals surface area contributed by atoms with Gasteiger partial charge in [0.25, 0.3) is 5.91 Å². The lowest BCUT2D eigenvalue weighted by Gasteiger charge is -2.30. The summed E-state index contributed by atoms with van der Waals surface area (Å²) in [5.74, 6) is 1.30. The van der Waals surface area contributed by atoms with Crippen molar-refractivity contribution in [1.82, 2.24) is 4.90 Å². The summed E-state index contributed by atoms with van der Waals surface area (Å²) in [7, 11) is 0. The molecule has 1 aromatic carbocycles. The van der Waals surface area contributed by atoms with E-state index in [0.29, 0.717) is 5.92 Å². The molecule has 0 saturated carbocycles. The summed E-state index contributed by atoms with van der Waals surface area (Å²) < 4.78 is 5.56. The first kappa shape index (κ1) is 14.9. The largest absolute Gasteiger partial charge is 0.484 e. The zero-order chi connectivity index (χ0) is 14.5. The zero-order valence-electron chi connectivity index (χ0n) is 12.3. The maximum atomic E-state index is 12.0. The fourth-order valence-corrected chi connectivity index (χ4v) is 2.33. The van der Waals surface area contributed by atoms with E-state index in [-0.39, 0.29) is 18.6 Å². The van der Waals surface area contributed by atoms with Gasteiger partial charge in [-0.1, -0.05) is 26.0 Å². The van der Waals surface area contributed by atoms with Crippen LogP contribution in [0.5, 0.6) is 5.75 Å². The SMILES string of the molecule is CC(C)c1ccc(OCC(=O)N2CCC(N)CC2)cc1. The number of carbonyl (C=O) groups is 1. The van der Waals surface area contributed by atoms with Crippen LogP contribution in [0.3, 0.4) is 0 Å². The Kier molecular flexibility index (Phi) is 5.01. The van der Waals surface area contributed by atoms with Crippen LogP contribution in [0.1, 0.15) is 38.2 Å². The van der Waals surface area contributed by atoms with Gasteiger partial charge in [-0.25, -0.2) is 0 Å². The number of nitrogens with two attached hydrogens (primary N) is 1. The quantitative estimate of drug-likeness (QED) is 0.916. The van der Waals surface area contributed by atoms with Gasteiger partial charge in [0.15, 0.2) is 6.61 Å². The number of hydrogen-bond acceptors (Lipinski definition) is 3. The minimum absolute atomic E-state index is 0.0461. The minimum atomic E-state index is 0.0461. The van der Waals surface area contributed by atoms with Crippen LogP contribution in [0.2, 0.25) is 0 Å². The molecule has 1 amide bonds. The first-order chi connectivity index (χ1) is 9.56. The predicted molar refractivity (Wildman–Crippen MR) is 79.8 cm³/mol.